The molecule has 1 N–H and O–H groups in total. The van der Waals surface area contributed by atoms with Gasteiger partial charge in [-0.25, -0.2) is 0 Å². The van der Waals surface area contributed by atoms with Crippen molar-refractivity contribution in [2.45, 2.75) is 6.61 Å². The highest BCUT2D eigenvalue weighted by Gasteiger charge is 2.14. The van der Waals surface area contributed by atoms with Gasteiger partial charge in [0, 0.05) is 22.8 Å². The Morgan fingerprint density at radius 1 is 1.09 bits per heavy atom. The van der Waals surface area contributed by atoms with Crippen molar-refractivity contribution >= 4 is 58.2 Å². The van der Waals surface area contributed by atoms with Gasteiger partial charge in [-0.3, -0.25) is 14.9 Å². The molecule has 33 heavy (non-hydrogen) atoms. The number of benzene rings is 3. The molecule has 0 atom stereocenters. The minimum absolute atomic E-state index is 0.00178. The number of nitrogens with one attached hydrogen (secondary N) is 1. The van der Waals surface area contributed by atoms with Crippen molar-refractivity contribution in [2.75, 3.05) is 5.32 Å². The molecule has 0 spiro atoms. The molecule has 166 valence electrons. The standard InChI is InChI=1S/C23H14Cl3N3O4/c24-17-4-2-5-18(11-17)28-23(30)16(12-27)7-15-9-20(25)22(21(26)10-15)33-13-14-3-1-6-19(8-14)29(31)32/h1-11H,13H2,(H,28,30)/b16-7+. The molecular formula is C23H14Cl3N3O4. The number of anilines is 1. The van der Waals surface area contributed by atoms with E-state index in [0.717, 1.165) is 0 Å². The number of carbonyl (C=O) groups excluding carboxylic acids is 1. The van der Waals surface area contributed by atoms with Crippen LogP contribution >= 0.6 is 34.8 Å². The van der Waals surface area contributed by atoms with Crippen molar-refractivity contribution in [3.8, 4) is 11.8 Å². The van der Waals surface area contributed by atoms with Gasteiger partial charge in [0.25, 0.3) is 11.6 Å². The van der Waals surface area contributed by atoms with Gasteiger partial charge in [0.15, 0.2) is 5.75 Å². The van der Waals surface area contributed by atoms with Crippen molar-refractivity contribution < 1.29 is 14.5 Å². The quantitative estimate of drug-likeness (QED) is 0.168. The van der Waals surface area contributed by atoms with Gasteiger partial charge < -0.3 is 10.1 Å². The van der Waals surface area contributed by atoms with Crippen LogP contribution in [0.25, 0.3) is 6.08 Å². The number of carbonyl (C=O) groups is 1. The molecule has 0 saturated heterocycles. The zero-order chi connectivity index (χ0) is 24.0. The monoisotopic (exact) mass is 501 g/mol. The molecule has 0 aliphatic heterocycles. The second-order valence-corrected chi connectivity index (χ2v) is 7.91. The van der Waals surface area contributed by atoms with Gasteiger partial charge in [-0.05, 0) is 47.5 Å². The van der Waals surface area contributed by atoms with E-state index in [4.69, 9.17) is 39.5 Å². The zero-order valence-electron chi connectivity index (χ0n) is 16.7. The van der Waals surface area contributed by atoms with Crippen LogP contribution in [0, 0.1) is 21.4 Å². The maximum atomic E-state index is 12.4. The maximum Gasteiger partial charge on any atom is 0.269 e. The van der Waals surface area contributed by atoms with Gasteiger partial charge in [-0.1, -0.05) is 53.0 Å². The number of nitrogens with zero attached hydrogens (tertiary/aromatic N) is 2. The van der Waals surface area contributed by atoms with Gasteiger partial charge in [0.1, 0.15) is 18.2 Å². The summed E-state index contributed by atoms with van der Waals surface area (Å²) in [7, 11) is 0. The number of ether oxygens (including phenoxy) is 1. The lowest BCUT2D eigenvalue weighted by atomic mass is 10.1. The molecular weight excluding hydrogens is 489 g/mol. The lowest BCUT2D eigenvalue weighted by Gasteiger charge is -2.11. The Kier molecular flexibility index (Phi) is 7.91. The van der Waals surface area contributed by atoms with Crippen molar-refractivity contribution in [1.29, 1.82) is 5.26 Å². The van der Waals surface area contributed by atoms with Crippen LogP contribution in [0.2, 0.25) is 15.1 Å². The number of non-ortho nitro benzene ring substituents is 1. The molecule has 0 unspecified atom stereocenters. The Balaban J connectivity index is 1.77. The van der Waals surface area contributed by atoms with E-state index in [1.807, 2.05) is 6.07 Å². The van der Waals surface area contributed by atoms with Gasteiger partial charge in [-0.15, -0.1) is 0 Å². The molecule has 0 heterocycles. The summed E-state index contributed by atoms with van der Waals surface area (Å²) in [5, 5.41) is 23.6. The highest BCUT2D eigenvalue weighted by atomic mass is 35.5. The average Bonchev–Trinajstić information content (AvgIpc) is 2.77. The van der Waals surface area contributed by atoms with E-state index in [1.165, 1.54) is 30.3 Å². The van der Waals surface area contributed by atoms with Crippen LogP contribution in [0.15, 0.2) is 66.2 Å². The molecule has 10 heteroatoms. The highest BCUT2D eigenvalue weighted by molar-refractivity contribution is 6.37. The molecule has 1 amide bonds. The number of amides is 1. The Morgan fingerprint density at radius 3 is 2.42 bits per heavy atom. The van der Waals surface area contributed by atoms with Crippen molar-refractivity contribution in [3.05, 3.63) is 103 Å². The fourth-order valence-electron chi connectivity index (χ4n) is 2.80. The summed E-state index contributed by atoms with van der Waals surface area (Å²) in [6.07, 6.45) is 1.34. The molecule has 0 aliphatic carbocycles. The largest absolute Gasteiger partial charge is 0.486 e. The summed E-state index contributed by atoms with van der Waals surface area (Å²) in [6, 6.07) is 17.3. The second kappa shape index (κ2) is 10.8. The number of rotatable bonds is 7. The summed E-state index contributed by atoms with van der Waals surface area (Å²) < 4.78 is 5.65. The third-order valence-electron chi connectivity index (χ3n) is 4.28. The van der Waals surface area contributed by atoms with Crippen LogP contribution in [0.4, 0.5) is 11.4 Å². The maximum absolute atomic E-state index is 12.4. The van der Waals surface area contributed by atoms with E-state index in [1.54, 1.807) is 36.4 Å². The third-order valence-corrected chi connectivity index (χ3v) is 5.08. The number of hydrogen-bond acceptors (Lipinski definition) is 5. The predicted octanol–water partition coefficient (Wildman–Crippen LogP) is 6.68. The minimum Gasteiger partial charge on any atom is -0.486 e. The van der Waals surface area contributed by atoms with E-state index in [0.29, 0.717) is 21.8 Å². The van der Waals surface area contributed by atoms with Gasteiger partial charge in [-0.2, -0.15) is 5.26 Å². The van der Waals surface area contributed by atoms with Crippen molar-refractivity contribution in [2.24, 2.45) is 0 Å². The first kappa shape index (κ1) is 24.1. The summed E-state index contributed by atoms with van der Waals surface area (Å²) in [5.74, 6) is -0.457. The van der Waals surface area contributed by atoms with E-state index in [2.05, 4.69) is 5.32 Å². The zero-order valence-corrected chi connectivity index (χ0v) is 19.0. The van der Waals surface area contributed by atoms with Crippen molar-refractivity contribution in [3.63, 3.8) is 0 Å². The van der Waals surface area contributed by atoms with Crippen LogP contribution in [0.5, 0.6) is 5.75 Å². The van der Waals surface area contributed by atoms with Gasteiger partial charge >= 0.3 is 0 Å². The SMILES string of the molecule is N#C/C(=C\c1cc(Cl)c(OCc2cccc([N+](=O)[O-])c2)c(Cl)c1)C(=O)Nc1cccc(Cl)c1. The molecule has 0 bridgehead atoms. The first-order chi connectivity index (χ1) is 15.8. The van der Waals surface area contributed by atoms with Crippen LogP contribution < -0.4 is 10.1 Å². The molecule has 7 nitrogen and oxygen atoms in total. The first-order valence-electron chi connectivity index (χ1n) is 9.30. The molecule has 3 aromatic rings. The molecule has 0 aliphatic rings. The number of nitro groups is 1. The van der Waals surface area contributed by atoms with Crippen LogP contribution in [-0.4, -0.2) is 10.8 Å². The minimum atomic E-state index is -0.627. The normalized spacial score (nSPS) is 10.9. The lowest BCUT2D eigenvalue weighted by Crippen LogP contribution is -2.13. The van der Waals surface area contributed by atoms with E-state index < -0.39 is 10.8 Å². The van der Waals surface area contributed by atoms with Crippen molar-refractivity contribution in [1.82, 2.24) is 0 Å². The van der Waals surface area contributed by atoms with E-state index in [-0.39, 0.29) is 33.7 Å². The highest BCUT2D eigenvalue weighted by Crippen LogP contribution is 2.35. The molecule has 0 aromatic heterocycles. The first-order valence-corrected chi connectivity index (χ1v) is 10.4. The third kappa shape index (κ3) is 6.46. The fraction of sp³-hybridized carbons (Fsp3) is 0.0435. The van der Waals surface area contributed by atoms with E-state index >= 15 is 0 Å². The van der Waals surface area contributed by atoms with Crippen LogP contribution in [0.1, 0.15) is 11.1 Å². The fourth-order valence-corrected chi connectivity index (χ4v) is 3.60. The Hall–Kier alpha value is -3.57. The molecule has 3 rings (SSSR count). The molecule has 0 fully saturated rings. The second-order valence-electron chi connectivity index (χ2n) is 6.66. The lowest BCUT2D eigenvalue weighted by molar-refractivity contribution is -0.384. The summed E-state index contributed by atoms with van der Waals surface area (Å²) in [6.45, 7) is 0.00178. The number of nitriles is 1. The van der Waals surface area contributed by atoms with Crippen LogP contribution in [0.3, 0.4) is 0 Å². The molecule has 3 aromatic carbocycles. The summed E-state index contributed by atoms with van der Waals surface area (Å²) >= 11 is 18.5. The van der Waals surface area contributed by atoms with Gasteiger partial charge in [0.05, 0.1) is 15.0 Å². The number of nitro benzene ring substituents is 1. The Morgan fingerprint density at radius 2 is 1.79 bits per heavy atom. The predicted molar refractivity (Wildman–Crippen MR) is 128 cm³/mol. The number of halogens is 3. The Bertz CT molecular complexity index is 1280. The Labute approximate surface area is 203 Å². The van der Waals surface area contributed by atoms with Gasteiger partial charge in [0.2, 0.25) is 0 Å². The topological polar surface area (TPSA) is 105 Å². The van der Waals surface area contributed by atoms with Crippen LogP contribution in [-0.2, 0) is 11.4 Å². The summed E-state index contributed by atoms with van der Waals surface area (Å²) in [4.78, 5) is 22.9. The smallest absolute Gasteiger partial charge is 0.269 e. The molecule has 0 saturated carbocycles. The summed E-state index contributed by atoms with van der Waals surface area (Å²) in [5.41, 5.74) is 1.17. The van der Waals surface area contributed by atoms with E-state index in [9.17, 15) is 20.2 Å². The average molecular weight is 503 g/mol. The number of hydrogen-bond donors (Lipinski definition) is 1. The molecule has 0 radical (unpaired) electrons.